The number of nitrogens with zero attached hydrogens (tertiary/aromatic N) is 1. The molecule has 0 unspecified atom stereocenters. The third-order valence-electron chi connectivity index (χ3n) is 4.00. The van der Waals surface area contributed by atoms with Gasteiger partial charge in [0.15, 0.2) is 11.5 Å². The molecule has 0 spiro atoms. The zero-order valence-corrected chi connectivity index (χ0v) is 15.2. The third-order valence-corrected chi connectivity index (χ3v) is 4.97. The summed E-state index contributed by atoms with van der Waals surface area (Å²) in [6, 6.07) is 11.8. The molecule has 0 aliphatic heterocycles. The second kappa shape index (κ2) is 7.33. The van der Waals surface area contributed by atoms with Gasteiger partial charge in [0.2, 0.25) is 0 Å². The van der Waals surface area contributed by atoms with Gasteiger partial charge in [0, 0.05) is 29.9 Å². The van der Waals surface area contributed by atoms with Gasteiger partial charge in [-0.3, -0.25) is 9.55 Å². The highest BCUT2D eigenvalue weighted by atomic mass is 31.2. The molecule has 1 aromatic heterocycles. The topological polar surface area (TPSA) is 101 Å². The SMILES string of the molecule is COc1cc2nccc(NCc3ccc(P(=O)(O)O)cc3)c2cc1OC. The Balaban J connectivity index is 1.86. The summed E-state index contributed by atoms with van der Waals surface area (Å²) < 4.78 is 21.9. The van der Waals surface area contributed by atoms with Crippen LogP contribution in [-0.4, -0.2) is 29.0 Å². The van der Waals surface area contributed by atoms with Crippen LogP contribution in [0.25, 0.3) is 10.9 Å². The molecule has 0 amide bonds. The number of fused-ring (bicyclic) bond motifs is 1. The summed E-state index contributed by atoms with van der Waals surface area (Å²) in [5.74, 6) is 1.22. The van der Waals surface area contributed by atoms with E-state index in [0.717, 1.165) is 22.2 Å². The van der Waals surface area contributed by atoms with Gasteiger partial charge in [0.1, 0.15) is 0 Å². The fourth-order valence-electron chi connectivity index (χ4n) is 2.63. The van der Waals surface area contributed by atoms with E-state index in [9.17, 15) is 4.57 Å². The smallest absolute Gasteiger partial charge is 0.356 e. The quantitative estimate of drug-likeness (QED) is 0.570. The molecule has 136 valence electrons. The molecular formula is C18H19N2O5P. The van der Waals surface area contributed by atoms with E-state index in [1.807, 2.05) is 18.2 Å². The van der Waals surface area contributed by atoms with Crippen molar-refractivity contribution in [2.45, 2.75) is 6.54 Å². The first-order valence-corrected chi connectivity index (χ1v) is 9.43. The molecule has 0 aliphatic rings. The Morgan fingerprint density at radius 2 is 1.69 bits per heavy atom. The number of ether oxygens (including phenoxy) is 2. The average Bonchev–Trinajstić information content (AvgIpc) is 2.64. The maximum absolute atomic E-state index is 11.2. The molecule has 2 aromatic carbocycles. The van der Waals surface area contributed by atoms with Crippen LogP contribution in [-0.2, 0) is 11.1 Å². The average molecular weight is 374 g/mol. The van der Waals surface area contributed by atoms with Crippen molar-refractivity contribution in [1.82, 2.24) is 4.98 Å². The molecule has 0 saturated carbocycles. The van der Waals surface area contributed by atoms with Crippen LogP contribution in [0, 0.1) is 0 Å². The van der Waals surface area contributed by atoms with Crippen molar-refractivity contribution in [2.24, 2.45) is 0 Å². The minimum Gasteiger partial charge on any atom is -0.493 e. The highest BCUT2D eigenvalue weighted by Crippen LogP contribution is 2.35. The Hall–Kier alpha value is -2.60. The minimum absolute atomic E-state index is 0.00689. The van der Waals surface area contributed by atoms with Crippen molar-refractivity contribution >= 4 is 29.5 Å². The molecule has 0 aliphatic carbocycles. The summed E-state index contributed by atoms with van der Waals surface area (Å²) in [6.07, 6.45) is 1.70. The number of methoxy groups -OCH3 is 2. The first-order chi connectivity index (χ1) is 12.4. The lowest BCUT2D eigenvalue weighted by atomic mass is 10.1. The third kappa shape index (κ3) is 3.80. The molecule has 3 N–H and O–H groups in total. The lowest BCUT2D eigenvalue weighted by Gasteiger charge is -2.13. The van der Waals surface area contributed by atoms with Crippen molar-refractivity contribution < 1.29 is 23.8 Å². The summed E-state index contributed by atoms with van der Waals surface area (Å²) >= 11 is 0. The van der Waals surface area contributed by atoms with E-state index >= 15 is 0 Å². The summed E-state index contributed by atoms with van der Waals surface area (Å²) in [5, 5.41) is 4.21. The van der Waals surface area contributed by atoms with Gasteiger partial charge in [0.25, 0.3) is 0 Å². The van der Waals surface area contributed by atoms with Crippen LogP contribution in [0.5, 0.6) is 11.5 Å². The molecule has 0 bridgehead atoms. The van der Waals surface area contributed by atoms with Crippen molar-refractivity contribution in [1.29, 1.82) is 0 Å². The molecule has 26 heavy (non-hydrogen) atoms. The molecular weight excluding hydrogens is 355 g/mol. The van der Waals surface area contributed by atoms with E-state index in [1.165, 1.54) is 12.1 Å². The van der Waals surface area contributed by atoms with Gasteiger partial charge < -0.3 is 24.6 Å². The molecule has 3 rings (SSSR count). The first kappa shape index (κ1) is 18.2. The van der Waals surface area contributed by atoms with E-state index in [2.05, 4.69) is 10.3 Å². The first-order valence-electron chi connectivity index (χ1n) is 7.82. The summed E-state index contributed by atoms with van der Waals surface area (Å²) in [5.41, 5.74) is 2.53. The van der Waals surface area contributed by atoms with E-state index in [-0.39, 0.29) is 5.30 Å². The molecule has 0 saturated heterocycles. The van der Waals surface area contributed by atoms with Crippen molar-refractivity contribution in [2.75, 3.05) is 19.5 Å². The number of hydrogen-bond acceptors (Lipinski definition) is 5. The maximum atomic E-state index is 11.2. The standard InChI is InChI=1S/C18H19N2O5P/c1-24-17-9-14-15(7-8-19-16(14)10-18(17)25-2)20-11-12-3-5-13(6-4-12)26(21,22)23/h3-10H,11H2,1-2H3,(H,19,20)(H2,21,22,23). The van der Waals surface area contributed by atoms with Crippen molar-refractivity contribution in [3.8, 4) is 11.5 Å². The molecule has 0 radical (unpaired) electrons. The van der Waals surface area contributed by atoms with Crippen molar-refractivity contribution in [3.05, 3.63) is 54.2 Å². The maximum Gasteiger partial charge on any atom is 0.356 e. The summed E-state index contributed by atoms with van der Waals surface area (Å²) in [6.45, 7) is 0.495. The lowest BCUT2D eigenvalue weighted by molar-refractivity contribution is 0.356. The zero-order valence-electron chi connectivity index (χ0n) is 14.3. The van der Waals surface area contributed by atoms with Crippen LogP contribution in [0.15, 0.2) is 48.7 Å². The number of anilines is 1. The van der Waals surface area contributed by atoms with Gasteiger partial charge in [-0.25, -0.2) is 0 Å². The number of rotatable bonds is 6. The Morgan fingerprint density at radius 3 is 2.31 bits per heavy atom. The Morgan fingerprint density at radius 1 is 1.04 bits per heavy atom. The van der Waals surface area contributed by atoms with Crippen molar-refractivity contribution in [3.63, 3.8) is 0 Å². The number of aromatic nitrogens is 1. The number of pyridine rings is 1. The van der Waals surface area contributed by atoms with E-state index in [1.54, 1.807) is 32.5 Å². The Bertz CT molecular complexity index is 969. The van der Waals surface area contributed by atoms with Gasteiger partial charge >= 0.3 is 7.60 Å². The normalized spacial score (nSPS) is 11.4. The van der Waals surface area contributed by atoms with Crippen LogP contribution in [0.3, 0.4) is 0 Å². The molecule has 0 atom stereocenters. The molecule has 0 fully saturated rings. The predicted octanol–water partition coefficient (Wildman–Crippen LogP) is 2.67. The molecule has 1 heterocycles. The van der Waals surface area contributed by atoms with Crippen LogP contribution < -0.4 is 20.1 Å². The Kier molecular flexibility index (Phi) is 5.13. The van der Waals surface area contributed by atoms with Crippen LogP contribution in [0.4, 0.5) is 5.69 Å². The van der Waals surface area contributed by atoms with Gasteiger partial charge in [-0.15, -0.1) is 0 Å². The van der Waals surface area contributed by atoms with Crippen LogP contribution >= 0.6 is 7.60 Å². The summed E-state index contributed by atoms with van der Waals surface area (Å²) in [7, 11) is -1.06. The van der Waals surface area contributed by atoms with Gasteiger partial charge in [-0.1, -0.05) is 12.1 Å². The largest absolute Gasteiger partial charge is 0.493 e. The van der Waals surface area contributed by atoms with Gasteiger partial charge in [0.05, 0.1) is 25.0 Å². The summed E-state index contributed by atoms with van der Waals surface area (Å²) in [4.78, 5) is 22.7. The second-order valence-electron chi connectivity index (χ2n) is 5.65. The minimum atomic E-state index is -4.22. The number of hydrogen-bond donors (Lipinski definition) is 3. The van der Waals surface area contributed by atoms with Gasteiger partial charge in [-0.05, 0) is 29.8 Å². The second-order valence-corrected chi connectivity index (χ2v) is 7.25. The highest BCUT2D eigenvalue weighted by molar-refractivity contribution is 7.60. The highest BCUT2D eigenvalue weighted by Gasteiger charge is 2.16. The zero-order chi connectivity index (χ0) is 18.7. The van der Waals surface area contributed by atoms with Crippen LogP contribution in [0.1, 0.15) is 5.56 Å². The van der Waals surface area contributed by atoms with Crippen LogP contribution in [0.2, 0.25) is 0 Å². The predicted molar refractivity (Wildman–Crippen MR) is 100 cm³/mol. The molecule has 8 heteroatoms. The number of nitrogens with one attached hydrogen (secondary N) is 1. The number of benzene rings is 2. The molecule has 7 nitrogen and oxygen atoms in total. The lowest BCUT2D eigenvalue weighted by Crippen LogP contribution is -2.05. The fourth-order valence-corrected chi connectivity index (χ4v) is 3.17. The van der Waals surface area contributed by atoms with E-state index in [4.69, 9.17) is 19.3 Å². The molecule has 3 aromatic rings. The fraction of sp³-hybridized carbons (Fsp3) is 0.167. The Labute approximate surface area is 150 Å². The monoisotopic (exact) mass is 374 g/mol. The van der Waals surface area contributed by atoms with E-state index in [0.29, 0.717) is 18.0 Å². The van der Waals surface area contributed by atoms with Gasteiger partial charge in [-0.2, -0.15) is 0 Å². The van der Waals surface area contributed by atoms with E-state index < -0.39 is 7.60 Å².